The Morgan fingerprint density at radius 3 is 2.44 bits per heavy atom. The summed E-state index contributed by atoms with van der Waals surface area (Å²) >= 11 is 0. The van der Waals surface area contributed by atoms with Gasteiger partial charge in [-0.1, -0.05) is 6.07 Å². The maximum atomic E-state index is 14.3. The first-order valence-corrected chi connectivity index (χ1v) is 13.0. The fourth-order valence-corrected chi connectivity index (χ4v) is 6.24. The number of methoxy groups -OCH3 is 1. The average Bonchev–Trinajstić information content (AvgIpc) is 3.27. The van der Waals surface area contributed by atoms with Gasteiger partial charge in [0.1, 0.15) is 11.8 Å². The zero-order valence-electron chi connectivity index (χ0n) is 21.8. The first-order valence-electron chi connectivity index (χ1n) is 11.6. The van der Waals surface area contributed by atoms with E-state index in [1.807, 2.05) is 18.2 Å². The SMILES string of the molecule is COc1cc(C)c(S(=O)(=O)N(Cc2ccc3[nH]ccc3c2)[C@H](COC(C)(C)C)C(=O)NO)c(C)c1C. The molecule has 0 fully saturated rings. The maximum Gasteiger partial charge on any atom is 0.264 e. The number of aromatic nitrogens is 1. The number of ether oxygens (including phenoxy) is 2. The summed E-state index contributed by atoms with van der Waals surface area (Å²) in [5.74, 6) is -0.305. The van der Waals surface area contributed by atoms with Gasteiger partial charge < -0.3 is 14.5 Å². The van der Waals surface area contributed by atoms with Crippen molar-refractivity contribution in [3.8, 4) is 5.75 Å². The van der Waals surface area contributed by atoms with Crippen LogP contribution in [-0.2, 0) is 26.1 Å². The Morgan fingerprint density at radius 2 is 1.83 bits per heavy atom. The molecule has 3 rings (SSSR count). The lowest BCUT2D eigenvalue weighted by Gasteiger charge is -2.32. The molecule has 0 saturated heterocycles. The van der Waals surface area contributed by atoms with Crippen LogP contribution in [0.5, 0.6) is 5.75 Å². The van der Waals surface area contributed by atoms with E-state index < -0.39 is 27.6 Å². The lowest BCUT2D eigenvalue weighted by atomic mass is 10.1. The minimum absolute atomic E-state index is 0.0926. The molecule has 1 atom stereocenters. The standard InChI is InChI=1S/C26H35N3O6S/c1-16-12-23(34-7)17(2)18(3)24(16)36(32,33)29(22(25(30)28-31)15-35-26(4,5)6)14-19-8-9-21-20(13-19)10-11-27-21/h8-13,22,27,31H,14-15H2,1-7H3,(H,28,30)/t22-/m1/s1. The topological polar surface area (TPSA) is 121 Å². The highest BCUT2D eigenvalue weighted by molar-refractivity contribution is 7.89. The third kappa shape index (κ3) is 5.73. The number of carbonyl (C=O) groups excluding carboxylic acids is 1. The number of H-pyrrole nitrogens is 1. The maximum absolute atomic E-state index is 14.3. The molecule has 3 N–H and O–H groups in total. The molecule has 9 nitrogen and oxygen atoms in total. The number of hydrogen-bond donors (Lipinski definition) is 3. The summed E-state index contributed by atoms with van der Waals surface area (Å²) in [6.45, 7) is 10.3. The number of amides is 1. The summed E-state index contributed by atoms with van der Waals surface area (Å²) < 4.78 is 40.9. The Labute approximate surface area is 212 Å². The number of aryl methyl sites for hydroxylation is 1. The van der Waals surface area contributed by atoms with Crippen molar-refractivity contribution in [3.05, 3.63) is 58.8 Å². The second-order valence-corrected chi connectivity index (χ2v) is 11.7. The number of hydroxylamine groups is 1. The Hall–Kier alpha value is -2.92. The first kappa shape index (κ1) is 27.7. The molecule has 0 radical (unpaired) electrons. The summed E-state index contributed by atoms with van der Waals surface area (Å²) in [5.41, 5.74) is 4.27. The first-order chi connectivity index (χ1) is 16.8. The third-order valence-corrected chi connectivity index (χ3v) is 8.30. The Kier molecular flexibility index (Phi) is 8.14. The molecule has 0 bridgehead atoms. The summed E-state index contributed by atoms with van der Waals surface area (Å²) in [6, 6.07) is 7.76. The summed E-state index contributed by atoms with van der Waals surface area (Å²) in [4.78, 5) is 16.1. The van der Waals surface area contributed by atoms with Gasteiger partial charge in [-0.15, -0.1) is 0 Å². The third-order valence-electron chi connectivity index (χ3n) is 6.16. The quantitative estimate of drug-likeness (QED) is 0.292. The van der Waals surface area contributed by atoms with E-state index in [1.165, 1.54) is 7.11 Å². The highest BCUT2D eigenvalue weighted by Gasteiger charge is 2.39. The smallest absolute Gasteiger partial charge is 0.264 e. The molecule has 196 valence electrons. The minimum atomic E-state index is -4.25. The van der Waals surface area contributed by atoms with Crippen molar-refractivity contribution < 1.29 is 27.9 Å². The number of nitrogens with one attached hydrogen (secondary N) is 2. The van der Waals surface area contributed by atoms with Gasteiger partial charge in [0.05, 0.1) is 24.2 Å². The Balaban J connectivity index is 2.19. The zero-order valence-corrected chi connectivity index (χ0v) is 22.6. The highest BCUT2D eigenvalue weighted by Crippen LogP contribution is 2.34. The summed E-state index contributed by atoms with van der Waals surface area (Å²) in [5, 5.41) is 10.4. The molecule has 1 aromatic heterocycles. The van der Waals surface area contributed by atoms with Gasteiger partial charge in [-0.3, -0.25) is 10.0 Å². The number of carbonyl (C=O) groups is 1. The second-order valence-electron chi connectivity index (χ2n) is 9.84. The normalized spacial score (nSPS) is 13.2. The molecule has 0 aliphatic heterocycles. The summed E-state index contributed by atoms with van der Waals surface area (Å²) in [6.07, 6.45) is 1.80. The number of sulfonamides is 1. The lowest BCUT2D eigenvalue weighted by Crippen LogP contribution is -2.52. The van der Waals surface area contributed by atoms with E-state index in [4.69, 9.17) is 9.47 Å². The number of benzene rings is 2. The van der Waals surface area contributed by atoms with Crippen LogP contribution in [0.4, 0.5) is 0 Å². The number of aromatic amines is 1. The number of nitrogens with zero attached hydrogens (tertiary/aromatic N) is 1. The fraction of sp³-hybridized carbons (Fsp3) is 0.423. The number of rotatable bonds is 9. The van der Waals surface area contributed by atoms with Crippen LogP contribution in [0.1, 0.15) is 43.0 Å². The predicted molar refractivity (Wildman–Crippen MR) is 138 cm³/mol. The molecule has 0 unspecified atom stereocenters. The molecule has 0 saturated carbocycles. The molecule has 36 heavy (non-hydrogen) atoms. The lowest BCUT2D eigenvalue weighted by molar-refractivity contribution is -0.137. The Morgan fingerprint density at radius 1 is 1.14 bits per heavy atom. The molecule has 0 aliphatic carbocycles. The van der Waals surface area contributed by atoms with E-state index in [0.717, 1.165) is 15.2 Å². The molecule has 0 spiro atoms. The largest absolute Gasteiger partial charge is 0.496 e. The van der Waals surface area contributed by atoms with Crippen molar-refractivity contribution in [1.82, 2.24) is 14.8 Å². The molecule has 10 heteroatoms. The summed E-state index contributed by atoms with van der Waals surface area (Å²) in [7, 11) is -2.72. The van der Waals surface area contributed by atoms with Crippen LogP contribution in [0.2, 0.25) is 0 Å². The van der Waals surface area contributed by atoms with Gasteiger partial charge in [-0.25, -0.2) is 13.9 Å². The average molecular weight is 518 g/mol. The van der Waals surface area contributed by atoms with Crippen molar-refractivity contribution >= 4 is 26.8 Å². The van der Waals surface area contributed by atoms with Crippen LogP contribution in [0.25, 0.3) is 10.9 Å². The van der Waals surface area contributed by atoms with Crippen LogP contribution in [-0.4, -0.2) is 54.2 Å². The van der Waals surface area contributed by atoms with Crippen molar-refractivity contribution in [2.45, 2.75) is 64.6 Å². The van der Waals surface area contributed by atoms with Crippen LogP contribution >= 0.6 is 0 Å². The van der Waals surface area contributed by atoms with E-state index in [1.54, 1.807) is 65.4 Å². The van der Waals surface area contributed by atoms with E-state index in [2.05, 4.69) is 4.98 Å². The van der Waals surface area contributed by atoms with Crippen molar-refractivity contribution in [3.63, 3.8) is 0 Å². The highest BCUT2D eigenvalue weighted by atomic mass is 32.2. The van der Waals surface area contributed by atoms with Gasteiger partial charge in [-0.2, -0.15) is 4.31 Å². The number of fused-ring (bicyclic) bond motifs is 1. The molecule has 1 amide bonds. The van der Waals surface area contributed by atoms with E-state index in [-0.39, 0.29) is 18.0 Å². The Bertz CT molecular complexity index is 1360. The van der Waals surface area contributed by atoms with Gasteiger partial charge >= 0.3 is 0 Å². The van der Waals surface area contributed by atoms with Gasteiger partial charge in [-0.05, 0) is 93.4 Å². The number of hydrogen-bond acceptors (Lipinski definition) is 6. The molecular formula is C26H35N3O6S. The fourth-order valence-electron chi connectivity index (χ4n) is 4.18. The van der Waals surface area contributed by atoms with Crippen molar-refractivity contribution in [2.75, 3.05) is 13.7 Å². The molecule has 2 aromatic carbocycles. The molecule has 0 aliphatic rings. The molecule has 1 heterocycles. The molecule has 3 aromatic rings. The monoisotopic (exact) mass is 517 g/mol. The van der Waals surface area contributed by atoms with E-state index in [0.29, 0.717) is 28.0 Å². The van der Waals surface area contributed by atoms with Crippen LogP contribution in [0, 0.1) is 20.8 Å². The predicted octanol–water partition coefficient (Wildman–Crippen LogP) is 3.98. The van der Waals surface area contributed by atoms with Crippen molar-refractivity contribution in [2.24, 2.45) is 0 Å². The van der Waals surface area contributed by atoms with E-state index in [9.17, 15) is 18.4 Å². The van der Waals surface area contributed by atoms with Gasteiger partial charge in [0.2, 0.25) is 10.0 Å². The van der Waals surface area contributed by atoms with Crippen LogP contribution in [0.3, 0.4) is 0 Å². The van der Waals surface area contributed by atoms with Gasteiger partial charge in [0, 0.05) is 18.3 Å². The van der Waals surface area contributed by atoms with Gasteiger partial charge in [0.15, 0.2) is 0 Å². The zero-order chi connectivity index (χ0) is 26.8. The second kappa shape index (κ2) is 10.6. The van der Waals surface area contributed by atoms with Crippen molar-refractivity contribution in [1.29, 1.82) is 0 Å². The molecular weight excluding hydrogens is 482 g/mol. The van der Waals surface area contributed by atoms with Crippen LogP contribution < -0.4 is 10.2 Å². The van der Waals surface area contributed by atoms with Gasteiger partial charge in [0.25, 0.3) is 5.91 Å². The minimum Gasteiger partial charge on any atom is -0.496 e. The van der Waals surface area contributed by atoms with Crippen LogP contribution in [0.15, 0.2) is 41.4 Å². The van der Waals surface area contributed by atoms with E-state index >= 15 is 0 Å².